The molecule has 0 radical (unpaired) electrons. The second kappa shape index (κ2) is 12.5. The average molecular weight is 520 g/mol. The molecule has 0 aliphatic rings. The molecule has 4 aromatic rings. The van der Waals surface area contributed by atoms with Crippen molar-refractivity contribution in [2.75, 3.05) is 18.5 Å². The SMILES string of the molecule is CCCCOC(=O)COc1ccc(C(=O)Nc2ccc(O)cc2Sc2ccccc2-c2nn[nH]n2)cc1. The molecular formula is C26H25N5O5S. The minimum Gasteiger partial charge on any atom is -0.508 e. The maximum Gasteiger partial charge on any atom is 0.344 e. The smallest absolute Gasteiger partial charge is 0.344 e. The van der Waals surface area contributed by atoms with Gasteiger partial charge in [0.15, 0.2) is 6.61 Å². The van der Waals surface area contributed by atoms with Crippen molar-refractivity contribution >= 4 is 29.3 Å². The van der Waals surface area contributed by atoms with Gasteiger partial charge in [0.1, 0.15) is 11.5 Å². The van der Waals surface area contributed by atoms with Gasteiger partial charge in [-0.2, -0.15) is 5.21 Å². The molecule has 4 rings (SSSR count). The molecule has 0 saturated heterocycles. The van der Waals surface area contributed by atoms with Crippen molar-refractivity contribution in [2.45, 2.75) is 29.6 Å². The fourth-order valence-corrected chi connectivity index (χ4v) is 4.31. The van der Waals surface area contributed by atoms with Crippen LogP contribution in [0, 0.1) is 0 Å². The molecule has 0 atom stereocenters. The highest BCUT2D eigenvalue weighted by Crippen LogP contribution is 2.39. The molecule has 0 aliphatic carbocycles. The highest BCUT2D eigenvalue weighted by Gasteiger charge is 2.15. The van der Waals surface area contributed by atoms with Crippen LogP contribution in [0.4, 0.5) is 5.69 Å². The van der Waals surface area contributed by atoms with Gasteiger partial charge < -0.3 is 19.9 Å². The normalized spacial score (nSPS) is 10.6. The summed E-state index contributed by atoms with van der Waals surface area (Å²) in [6.45, 7) is 2.19. The van der Waals surface area contributed by atoms with E-state index in [1.54, 1.807) is 36.4 Å². The predicted octanol–water partition coefficient (Wildman–Crippen LogP) is 4.70. The number of unbranched alkanes of at least 4 members (excludes halogenated alkanes) is 1. The van der Waals surface area contributed by atoms with Crippen LogP contribution < -0.4 is 10.1 Å². The maximum atomic E-state index is 13.0. The number of hydrogen-bond donors (Lipinski definition) is 3. The molecule has 0 unspecified atom stereocenters. The Balaban J connectivity index is 1.43. The third-order valence-corrected chi connectivity index (χ3v) is 6.27. The maximum absolute atomic E-state index is 13.0. The van der Waals surface area contributed by atoms with Gasteiger partial charge in [-0.1, -0.05) is 37.2 Å². The van der Waals surface area contributed by atoms with Gasteiger partial charge >= 0.3 is 5.97 Å². The molecule has 11 heteroatoms. The fourth-order valence-electron chi connectivity index (χ4n) is 3.24. The zero-order chi connectivity index (χ0) is 26.0. The summed E-state index contributed by atoms with van der Waals surface area (Å²) < 4.78 is 10.5. The lowest BCUT2D eigenvalue weighted by Gasteiger charge is -2.13. The topological polar surface area (TPSA) is 139 Å². The van der Waals surface area contributed by atoms with Crippen LogP contribution in [0.25, 0.3) is 11.4 Å². The van der Waals surface area contributed by atoms with Crippen LogP contribution in [0.3, 0.4) is 0 Å². The highest BCUT2D eigenvalue weighted by atomic mass is 32.2. The first kappa shape index (κ1) is 25.7. The van der Waals surface area contributed by atoms with E-state index in [9.17, 15) is 14.7 Å². The Labute approximate surface area is 217 Å². The van der Waals surface area contributed by atoms with Crippen molar-refractivity contribution in [1.29, 1.82) is 0 Å². The van der Waals surface area contributed by atoms with Crippen molar-refractivity contribution in [3.8, 4) is 22.9 Å². The van der Waals surface area contributed by atoms with Crippen LogP contribution in [0.1, 0.15) is 30.1 Å². The lowest BCUT2D eigenvalue weighted by atomic mass is 10.2. The molecule has 3 N–H and O–H groups in total. The van der Waals surface area contributed by atoms with Crippen molar-refractivity contribution < 1.29 is 24.2 Å². The van der Waals surface area contributed by atoms with Crippen molar-refractivity contribution in [1.82, 2.24) is 20.6 Å². The van der Waals surface area contributed by atoms with Gasteiger partial charge in [0.25, 0.3) is 5.91 Å². The molecule has 3 aromatic carbocycles. The number of aromatic hydroxyl groups is 1. The fraction of sp³-hybridized carbons (Fsp3) is 0.192. The van der Waals surface area contributed by atoms with E-state index in [0.29, 0.717) is 34.3 Å². The number of rotatable bonds is 11. The number of esters is 1. The Hall–Kier alpha value is -4.38. The van der Waals surface area contributed by atoms with E-state index >= 15 is 0 Å². The van der Waals surface area contributed by atoms with Crippen LogP contribution in [-0.2, 0) is 9.53 Å². The molecule has 0 spiro atoms. The van der Waals surface area contributed by atoms with E-state index in [-0.39, 0.29) is 18.3 Å². The molecule has 0 saturated carbocycles. The summed E-state index contributed by atoms with van der Waals surface area (Å²) in [5.41, 5.74) is 1.67. The number of H-pyrrole nitrogens is 1. The number of aromatic amines is 1. The Morgan fingerprint density at radius 3 is 2.62 bits per heavy atom. The summed E-state index contributed by atoms with van der Waals surface area (Å²) in [6, 6.07) is 18.6. The number of nitrogens with zero attached hydrogens (tertiary/aromatic N) is 3. The molecule has 10 nitrogen and oxygen atoms in total. The molecule has 37 heavy (non-hydrogen) atoms. The first-order chi connectivity index (χ1) is 18.0. The molecule has 190 valence electrons. The van der Waals surface area contributed by atoms with Gasteiger partial charge in [0, 0.05) is 20.9 Å². The molecular weight excluding hydrogens is 494 g/mol. The van der Waals surface area contributed by atoms with Gasteiger partial charge in [0.05, 0.1) is 12.3 Å². The third kappa shape index (κ3) is 7.07. The summed E-state index contributed by atoms with van der Waals surface area (Å²) in [5, 5.41) is 27.1. The van der Waals surface area contributed by atoms with Crippen molar-refractivity contribution in [3.63, 3.8) is 0 Å². The number of phenols is 1. The number of benzene rings is 3. The van der Waals surface area contributed by atoms with Crippen molar-refractivity contribution in [3.05, 3.63) is 72.3 Å². The molecule has 0 fully saturated rings. The summed E-state index contributed by atoms with van der Waals surface area (Å²) >= 11 is 1.35. The minimum absolute atomic E-state index is 0.0623. The van der Waals surface area contributed by atoms with E-state index in [4.69, 9.17) is 9.47 Å². The number of nitrogens with one attached hydrogen (secondary N) is 2. The molecule has 1 aromatic heterocycles. The van der Waals surface area contributed by atoms with Crippen LogP contribution in [-0.4, -0.2) is 50.8 Å². The number of amides is 1. The monoisotopic (exact) mass is 519 g/mol. The lowest BCUT2D eigenvalue weighted by Crippen LogP contribution is -2.15. The number of phenolic OH excluding ortho intramolecular Hbond substituents is 1. The lowest BCUT2D eigenvalue weighted by molar-refractivity contribution is -0.146. The van der Waals surface area contributed by atoms with Crippen molar-refractivity contribution in [2.24, 2.45) is 0 Å². The number of carbonyl (C=O) groups is 2. The largest absolute Gasteiger partial charge is 0.508 e. The summed E-state index contributed by atoms with van der Waals surface area (Å²) in [6.07, 6.45) is 1.75. The van der Waals surface area contributed by atoms with Gasteiger partial charge in [-0.15, -0.1) is 10.2 Å². The zero-order valence-electron chi connectivity index (χ0n) is 20.0. The van der Waals surface area contributed by atoms with E-state index in [1.165, 1.54) is 17.8 Å². The Morgan fingerprint density at radius 1 is 1.05 bits per heavy atom. The van der Waals surface area contributed by atoms with E-state index in [0.717, 1.165) is 23.3 Å². The second-order valence-corrected chi connectivity index (χ2v) is 8.94. The average Bonchev–Trinajstić information content (AvgIpc) is 3.45. The molecule has 0 bridgehead atoms. The number of ether oxygens (including phenoxy) is 2. The first-order valence-electron chi connectivity index (χ1n) is 11.6. The number of aromatic nitrogens is 4. The summed E-state index contributed by atoms with van der Waals surface area (Å²) in [4.78, 5) is 26.1. The van der Waals surface area contributed by atoms with E-state index in [2.05, 4.69) is 25.9 Å². The minimum atomic E-state index is -0.437. The van der Waals surface area contributed by atoms with Gasteiger partial charge in [-0.3, -0.25) is 4.79 Å². The second-order valence-electron chi connectivity index (χ2n) is 7.86. The van der Waals surface area contributed by atoms with E-state index in [1.807, 2.05) is 31.2 Å². The first-order valence-corrected chi connectivity index (χ1v) is 12.4. The Morgan fingerprint density at radius 2 is 1.86 bits per heavy atom. The van der Waals surface area contributed by atoms with E-state index < -0.39 is 5.97 Å². The third-order valence-electron chi connectivity index (χ3n) is 5.14. The summed E-state index contributed by atoms with van der Waals surface area (Å²) in [7, 11) is 0. The zero-order valence-corrected chi connectivity index (χ0v) is 20.8. The quantitative estimate of drug-likeness (QED) is 0.146. The number of anilines is 1. The number of hydrogen-bond acceptors (Lipinski definition) is 9. The van der Waals surface area contributed by atoms with Gasteiger partial charge in [-0.25, -0.2) is 4.79 Å². The number of carbonyl (C=O) groups excluding carboxylic acids is 2. The summed E-state index contributed by atoms with van der Waals surface area (Å²) in [5.74, 6) is 0.165. The number of tetrazole rings is 1. The highest BCUT2D eigenvalue weighted by molar-refractivity contribution is 7.99. The molecule has 1 amide bonds. The van der Waals surface area contributed by atoms with Gasteiger partial charge in [0.2, 0.25) is 5.82 Å². The Kier molecular flexibility index (Phi) is 8.71. The van der Waals surface area contributed by atoms with Crippen LogP contribution in [0.15, 0.2) is 76.5 Å². The van der Waals surface area contributed by atoms with Crippen LogP contribution in [0.5, 0.6) is 11.5 Å². The van der Waals surface area contributed by atoms with Crippen LogP contribution in [0.2, 0.25) is 0 Å². The standard InChI is InChI=1S/C26H25N5O5S/c1-2-3-14-35-24(33)16-36-19-11-8-17(9-12-19)26(34)27-21-13-10-18(32)15-23(21)37-22-7-5-4-6-20(22)25-28-30-31-29-25/h4-13,15,32H,2-3,14,16H2,1H3,(H,27,34)(H,28,29,30,31). The van der Waals surface area contributed by atoms with Crippen LogP contribution >= 0.6 is 11.8 Å². The van der Waals surface area contributed by atoms with Gasteiger partial charge in [-0.05, 0) is 66.2 Å². The predicted molar refractivity (Wildman–Crippen MR) is 138 cm³/mol. The molecule has 0 aliphatic heterocycles. The Bertz CT molecular complexity index is 1350. The molecule has 1 heterocycles.